The van der Waals surface area contributed by atoms with Gasteiger partial charge in [0, 0.05) is 24.0 Å². The Kier molecular flexibility index (Phi) is 5.12. The van der Waals surface area contributed by atoms with Crippen LogP contribution in [-0.2, 0) is 10.3 Å². The minimum atomic E-state index is -0.598. The van der Waals surface area contributed by atoms with Gasteiger partial charge in [0.15, 0.2) is 0 Å². The van der Waals surface area contributed by atoms with Crippen molar-refractivity contribution in [2.24, 2.45) is 0 Å². The largest absolute Gasteiger partial charge is 0.490 e. The van der Waals surface area contributed by atoms with Crippen LogP contribution < -0.4 is 10.1 Å². The lowest BCUT2D eigenvalue weighted by Crippen LogP contribution is -2.51. The lowest BCUT2D eigenvalue weighted by atomic mass is 9.71. The summed E-state index contributed by atoms with van der Waals surface area (Å²) in [5.74, 6) is 0.305. The summed E-state index contributed by atoms with van der Waals surface area (Å²) >= 11 is 0. The maximum Gasteiger partial charge on any atom is 0.251 e. The van der Waals surface area contributed by atoms with Gasteiger partial charge in [0.2, 0.25) is 0 Å². The van der Waals surface area contributed by atoms with Crippen LogP contribution in [0.4, 0.5) is 4.39 Å². The first-order valence-corrected chi connectivity index (χ1v) is 9.58. The van der Waals surface area contributed by atoms with E-state index in [1.807, 2.05) is 18.2 Å². The Hall–Kier alpha value is -2.40. The molecule has 5 heteroatoms. The lowest BCUT2D eigenvalue weighted by molar-refractivity contribution is 0.0256. The zero-order chi connectivity index (χ0) is 18.7. The summed E-state index contributed by atoms with van der Waals surface area (Å²) in [6.07, 6.45) is 4.42. The highest BCUT2D eigenvalue weighted by molar-refractivity contribution is 5.95. The standard InChI is InChI=1S/C22H24FNO3/c23-20-5-2-1-4-19(20)22(12-3-13-22)24-21(25)16-6-8-17(9-7-16)27-18-10-14-26-15-11-18/h1-2,4-9,18H,3,10-15H2,(H,24,25). The Bertz CT molecular complexity index is 795. The topological polar surface area (TPSA) is 47.6 Å². The lowest BCUT2D eigenvalue weighted by Gasteiger charge is -2.43. The van der Waals surface area contributed by atoms with Gasteiger partial charge in [-0.2, -0.15) is 0 Å². The summed E-state index contributed by atoms with van der Waals surface area (Å²) < 4.78 is 25.5. The third kappa shape index (κ3) is 3.83. The molecule has 0 spiro atoms. The van der Waals surface area contributed by atoms with E-state index in [0.29, 0.717) is 11.1 Å². The third-order valence-electron chi connectivity index (χ3n) is 5.54. The van der Waals surface area contributed by atoms with E-state index in [4.69, 9.17) is 9.47 Å². The zero-order valence-electron chi connectivity index (χ0n) is 15.2. The van der Waals surface area contributed by atoms with E-state index < -0.39 is 5.54 Å². The van der Waals surface area contributed by atoms with E-state index in [-0.39, 0.29) is 17.8 Å². The first-order chi connectivity index (χ1) is 13.2. The molecule has 4 nitrogen and oxygen atoms in total. The number of hydrogen-bond acceptors (Lipinski definition) is 3. The maximum absolute atomic E-state index is 14.3. The number of nitrogens with one attached hydrogen (secondary N) is 1. The molecule has 2 fully saturated rings. The Morgan fingerprint density at radius 1 is 1.07 bits per heavy atom. The van der Waals surface area contributed by atoms with Crippen LogP contribution in [0.15, 0.2) is 48.5 Å². The predicted octanol–water partition coefficient (Wildman–Crippen LogP) is 4.19. The summed E-state index contributed by atoms with van der Waals surface area (Å²) in [5.41, 5.74) is 0.528. The average molecular weight is 369 g/mol. The highest BCUT2D eigenvalue weighted by Gasteiger charge is 2.41. The Balaban J connectivity index is 1.44. The summed E-state index contributed by atoms with van der Waals surface area (Å²) in [5, 5.41) is 3.07. The molecule has 0 radical (unpaired) electrons. The van der Waals surface area contributed by atoms with Gasteiger partial charge in [-0.25, -0.2) is 4.39 Å². The van der Waals surface area contributed by atoms with Crippen LogP contribution in [0.1, 0.15) is 48.0 Å². The molecule has 4 rings (SSSR count). The molecular formula is C22H24FNO3. The van der Waals surface area contributed by atoms with Gasteiger partial charge in [0.05, 0.1) is 18.8 Å². The molecule has 27 heavy (non-hydrogen) atoms. The predicted molar refractivity (Wildman–Crippen MR) is 100 cm³/mol. The van der Waals surface area contributed by atoms with Crippen molar-refractivity contribution in [2.45, 2.75) is 43.7 Å². The average Bonchev–Trinajstić information content (AvgIpc) is 2.67. The fraction of sp³-hybridized carbons (Fsp3) is 0.409. The molecule has 1 heterocycles. The first-order valence-electron chi connectivity index (χ1n) is 9.58. The SMILES string of the molecule is O=C(NC1(c2ccccc2F)CCC1)c1ccc(OC2CCOCC2)cc1. The van der Waals surface area contributed by atoms with Gasteiger partial charge in [0.1, 0.15) is 17.7 Å². The van der Waals surface area contributed by atoms with Gasteiger partial charge in [0.25, 0.3) is 5.91 Å². The van der Waals surface area contributed by atoms with Crippen LogP contribution in [0.25, 0.3) is 0 Å². The number of hydrogen-bond donors (Lipinski definition) is 1. The van der Waals surface area contributed by atoms with E-state index in [0.717, 1.165) is 51.1 Å². The van der Waals surface area contributed by atoms with E-state index in [2.05, 4.69) is 5.32 Å². The van der Waals surface area contributed by atoms with Gasteiger partial charge >= 0.3 is 0 Å². The minimum absolute atomic E-state index is 0.165. The van der Waals surface area contributed by atoms with Crippen molar-refractivity contribution in [1.82, 2.24) is 5.32 Å². The van der Waals surface area contributed by atoms with Crippen molar-refractivity contribution in [3.63, 3.8) is 0 Å². The minimum Gasteiger partial charge on any atom is -0.490 e. The van der Waals surface area contributed by atoms with Crippen LogP contribution >= 0.6 is 0 Å². The van der Waals surface area contributed by atoms with Gasteiger partial charge in [-0.15, -0.1) is 0 Å². The number of carbonyl (C=O) groups excluding carboxylic acids is 1. The van der Waals surface area contributed by atoms with Crippen molar-refractivity contribution < 1.29 is 18.7 Å². The first kappa shape index (κ1) is 18.0. The van der Waals surface area contributed by atoms with Crippen LogP contribution in [-0.4, -0.2) is 25.2 Å². The molecule has 0 atom stereocenters. The van der Waals surface area contributed by atoms with Crippen LogP contribution in [0.5, 0.6) is 5.75 Å². The quantitative estimate of drug-likeness (QED) is 0.860. The second-order valence-electron chi connectivity index (χ2n) is 7.32. The molecule has 1 aliphatic carbocycles. The fourth-order valence-corrected chi connectivity index (χ4v) is 3.80. The smallest absolute Gasteiger partial charge is 0.251 e. The number of amides is 1. The molecule has 0 unspecified atom stereocenters. The molecule has 2 aliphatic rings. The van der Waals surface area contributed by atoms with Crippen molar-refractivity contribution >= 4 is 5.91 Å². The Morgan fingerprint density at radius 3 is 2.41 bits per heavy atom. The number of ether oxygens (including phenoxy) is 2. The van der Waals surface area contributed by atoms with Gasteiger partial charge in [-0.1, -0.05) is 18.2 Å². The number of rotatable bonds is 5. The van der Waals surface area contributed by atoms with Crippen LogP contribution in [0.2, 0.25) is 0 Å². The monoisotopic (exact) mass is 369 g/mol. The second-order valence-corrected chi connectivity index (χ2v) is 7.32. The summed E-state index contributed by atoms with van der Waals surface area (Å²) in [4.78, 5) is 12.7. The van der Waals surface area contributed by atoms with Gasteiger partial charge < -0.3 is 14.8 Å². The molecule has 0 aromatic heterocycles. The van der Waals surface area contributed by atoms with E-state index in [1.165, 1.54) is 6.07 Å². The number of halogens is 1. The molecule has 0 bridgehead atoms. The third-order valence-corrected chi connectivity index (χ3v) is 5.54. The van der Waals surface area contributed by atoms with Gasteiger partial charge in [-0.3, -0.25) is 4.79 Å². The second kappa shape index (κ2) is 7.69. The number of carbonyl (C=O) groups is 1. The van der Waals surface area contributed by atoms with Crippen LogP contribution in [0, 0.1) is 5.82 Å². The molecule has 1 N–H and O–H groups in total. The van der Waals surface area contributed by atoms with Gasteiger partial charge in [-0.05, 0) is 49.6 Å². The summed E-state index contributed by atoms with van der Waals surface area (Å²) in [6, 6.07) is 13.9. The Morgan fingerprint density at radius 2 is 1.78 bits per heavy atom. The highest BCUT2D eigenvalue weighted by atomic mass is 19.1. The molecule has 1 amide bonds. The molecule has 142 valence electrons. The maximum atomic E-state index is 14.3. The molecule has 2 aromatic carbocycles. The molecule has 1 saturated carbocycles. The van der Waals surface area contributed by atoms with E-state index in [1.54, 1.807) is 24.3 Å². The molecule has 1 aliphatic heterocycles. The van der Waals surface area contributed by atoms with Crippen LogP contribution in [0.3, 0.4) is 0 Å². The fourth-order valence-electron chi connectivity index (χ4n) is 3.80. The highest BCUT2D eigenvalue weighted by Crippen LogP contribution is 2.42. The summed E-state index contributed by atoms with van der Waals surface area (Å²) in [6.45, 7) is 1.45. The number of benzene rings is 2. The van der Waals surface area contributed by atoms with E-state index >= 15 is 0 Å². The Labute approximate surface area is 158 Å². The molecule has 2 aromatic rings. The van der Waals surface area contributed by atoms with Crippen molar-refractivity contribution in [2.75, 3.05) is 13.2 Å². The molecule has 1 saturated heterocycles. The summed E-state index contributed by atoms with van der Waals surface area (Å²) in [7, 11) is 0. The van der Waals surface area contributed by atoms with E-state index in [9.17, 15) is 9.18 Å². The zero-order valence-corrected chi connectivity index (χ0v) is 15.2. The normalized spacial score (nSPS) is 19.1. The van der Waals surface area contributed by atoms with Crippen molar-refractivity contribution in [3.8, 4) is 5.75 Å². The van der Waals surface area contributed by atoms with Crippen molar-refractivity contribution in [1.29, 1.82) is 0 Å². The van der Waals surface area contributed by atoms with Crippen molar-refractivity contribution in [3.05, 3.63) is 65.5 Å². The molecular weight excluding hydrogens is 345 g/mol.